The van der Waals surface area contributed by atoms with Crippen LogP contribution in [-0.2, 0) is 0 Å². The van der Waals surface area contributed by atoms with Gasteiger partial charge in [0, 0.05) is 11.6 Å². The van der Waals surface area contributed by atoms with Crippen LogP contribution in [0.1, 0.15) is 0 Å². The number of fused-ring (bicyclic) bond motifs is 3. The second-order valence-corrected chi connectivity index (χ2v) is 3.82. The Balaban J connectivity index is 2.17. The summed E-state index contributed by atoms with van der Waals surface area (Å²) in [6, 6.07) is 11.8. The molecule has 0 saturated carbocycles. The van der Waals surface area contributed by atoms with Crippen molar-refractivity contribution in [1.29, 1.82) is 0 Å². The summed E-state index contributed by atoms with van der Waals surface area (Å²) in [7, 11) is 0. The van der Waals surface area contributed by atoms with Crippen molar-refractivity contribution in [1.82, 2.24) is 34.6 Å². The van der Waals surface area contributed by atoms with Crippen molar-refractivity contribution in [2.75, 3.05) is 0 Å². The second-order valence-electron chi connectivity index (χ2n) is 3.82. The molecule has 0 saturated heterocycles. The Hall–Kier alpha value is -2.83. The van der Waals surface area contributed by atoms with Gasteiger partial charge in [-0.1, -0.05) is 35.4 Å². The quantitative estimate of drug-likeness (QED) is 0.490. The largest absolute Gasteiger partial charge is 0.277 e. The highest BCUT2D eigenvalue weighted by Gasteiger charge is 2.11. The molecule has 0 spiro atoms. The van der Waals surface area contributed by atoms with Crippen molar-refractivity contribution in [2.24, 2.45) is 0 Å². The highest BCUT2D eigenvalue weighted by atomic mass is 15.6. The Labute approximate surface area is 101 Å². The van der Waals surface area contributed by atoms with E-state index in [0.717, 1.165) is 16.9 Å². The highest BCUT2D eigenvalue weighted by Crippen LogP contribution is 2.20. The average molecular weight is 237 g/mol. The molecule has 0 atom stereocenters. The van der Waals surface area contributed by atoms with Crippen molar-refractivity contribution < 1.29 is 0 Å². The van der Waals surface area contributed by atoms with Crippen molar-refractivity contribution in [3.8, 4) is 11.3 Å². The molecule has 7 heteroatoms. The number of benzene rings is 1. The Morgan fingerprint density at radius 2 is 1.89 bits per heavy atom. The monoisotopic (exact) mass is 237 g/mol. The summed E-state index contributed by atoms with van der Waals surface area (Å²) in [5.41, 5.74) is 2.63. The van der Waals surface area contributed by atoms with Crippen LogP contribution >= 0.6 is 0 Å². The second kappa shape index (κ2) is 3.33. The van der Waals surface area contributed by atoms with E-state index >= 15 is 0 Å². The molecule has 0 N–H and O–H groups in total. The van der Waals surface area contributed by atoms with Gasteiger partial charge in [-0.25, -0.2) is 4.98 Å². The van der Waals surface area contributed by atoms with Gasteiger partial charge in [0.2, 0.25) is 0 Å². The first kappa shape index (κ1) is 9.23. The fourth-order valence-corrected chi connectivity index (χ4v) is 1.97. The van der Waals surface area contributed by atoms with Gasteiger partial charge in [-0.3, -0.25) is 0 Å². The Kier molecular flexibility index (Phi) is 1.71. The zero-order valence-electron chi connectivity index (χ0n) is 9.17. The zero-order valence-corrected chi connectivity index (χ0v) is 9.17. The first-order valence-electron chi connectivity index (χ1n) is 5.40. The minimum absolute atomic E-state index is 0.545. The third-order valence-electron chi connectivity index (χ3n) is 2.78. The number of nitrogens with zero attached hydrogens (tertiary/aromatic N) is 7. The predicted octanol–water partition coefficient (Wildman–Crippen LogP) is 0.834. The van der Waals surface area contributed by atoms with Gasteiger partial charge in [-0.15, -0.1) is 0 Å². The molecule has 7 nitrogen and oxygen atoms in total. The van der Waals surface area contributed by atoms with Crippen molar-refractivity contribution in [3.63, 3.8) is 0 Å². The maximum atomic E-state index is 4.18. The van der Waals surface area contributed by atoms with E-state index in [9.17, 15) is 0 Å². The fraction of sp³-hybridized carbons (Fsp3) is 0. The van der Waals surface area contributed by atoms with Crippen molar-refractivity contribution >= 4 is 11.4 Å². The van der Waals surface area contributed by atoms with E-state index in [4.69, 9.17) is 0 Å². The summed E-state index contributed by atoms with van der Waals surface area (Å²) in [5.74, 6) is 0.545. The van der Waals surface area contributed by atoms with Crippen LogP contribution in [0.4, 0.5) is 0 Å². The minimum Gasteiger partial charge on any atom is -0.215 e. The highest BCUT2D eigenvalue weighted by molar-refractivity contribution is 5.66. The fourth-order valence-electron chi connectivity index (χ4n) is 1.97. The van der Waals surface area contributed by atoms with Crippen LogP contribution in [0.3, 0.4) is 0 Å². The van der Waals surface area contributed by atoms with Gasteiger partial charge in [0.25, 0.3) is 5.78 Å². The molecular weight excluding hydrogens is 230 g/mol. The van der Waals surface area contributed by atoms with E-state index in [-0.39, 0.29) is 0 Å². The molecule has 86 valence electrons. The standard InChI is InChI=1S/C11H7N7/c1-2-4-8(5-3-1)9-6-10-12-7-13-18(10)11-14-15-16-17(9)11/h1-7H. The lowest BCUT2D eigenvalue weighted by Crippen LogP contribution is -2.01. The predicted molar refractivity (Wildman–Crippen MR) is 62.8 cm³/mol. The molecular formula is C11H7N7. The molecule has 0 fully saturated rings. The van der Waals surface area contributed by atoms with Gasteiger partial charge in [0.05, 0.1) is 5.69 Å². The van der Waals surface area contributed by atoms with E-state index < -0.39 is 0 Å². The molecule has 0 aliphatic heterocycles. The maximum absolute atomic E-state index is 4.18. The van der Waals surface area contributed by atoms with E-state index in [2.05, 4.69) is 25.6 Å². The minimum atomic E-state index is 0.545. The van der Waals surface area contributed by atoms with Gasteiger partial charge in [-0.2, -0.15) is 14.1 Å². The lowest BCUT2D eigenvalue weighted by Gasteiger charge is -2.03. The number of hydrogen-bond donors (Lipinski definition) is 0. The van der Waals surface area contributed by atoms with E-state index in [0.29, 0.717) is 5.78 Å². The van der Waals surface area contributed by atoms with Gasteiger partial charge in [-0.05, 0) is 10.4 Å². The third-order valence-corrected chi connectivity index (χ3v) is 2.78. The van der Waals surface area contributed by atoms with Gasteiger partial charge < -0.3 is 0 Å². The Morgan fingerprint density at radius 1 is 1.00 bits per heavy atom. The van der Waals surface area contributed by atoms with E-state index in [1.165, 1.54) is 6.33 Å². The average Bonchev–Trinajstić information content (AvgIpc) is 3.06. The molecule has 0 amide bonds. The van der Waals surface area contributed by atoms with Crippen LogP contribution in [0.5, 0.6) is 0 Å². The lowest BCUT2D eigenvalue weighted by molar-refractivity contribution is 0.820. The van der Waals surface area contributed by atoms with Gasteiger partial charge in [0.1, 0.15) is 6.33 Å². The smallest absolute Gasteiger partial charge is 0.215 e. The molecule has 18 heavy (non-hydrogen) atoms. The molecule has 4 aromatic rings. The zero-order chi connectivity index (χ0) is 11.9. The number of rotatable bonds is 1. The molecule has 3 heterocycles. The number of hydrogen-bond acceptors (Lipinski definition) is 5. The summed E-state index contributed by atoms with van der Waals surface area (Å²) in [4.78, 5) is 4.18. The molecule has 0 bridgehead atoms. The summed E-state index contributed by atoms with van der Waals surface area (Å²) in [5, 5.41) is 15.7. The molecule has 0 aliphatic carbocycles. The first-order chi connectivity index (χ1) is 8.93. The normalized spacial score (nSPS) is 11.3. The summed E-state index contributed by atoms with van der Waals surface area (Å²) in [6.07, 6.45) is 1.48. The van der Waals surface area contributed by atoms with Crippen molar-refractivity contribution in [3.05, 3.63) is 42.7 Å². The lowest BCUT2D eigenvalue weighted by atomic mass is 10.1. The maximum Gasteiger partial charge on any atom is 0.277 e. The van der Waals surface area contributed by atoms with E-state index in [1.54, 1.807) is 9.03 Å². The number of tetrazole rings is 1. The Morgan fingerprint density at radius 3 is 2.78 bits per heavy atom. The van der Waals surface area contributed by atoms with Crippen LogP contribution in [0.25, 0.3) is 22.7 Å². The summed E-state index contributed by atoms with van der Waals surface area (Å²) < 4.78 is 3.25. The molecule has 0 unspecified atom stereocenters. The van der Waals surface area contributed by atoms with Gasteiger partial charge in [0.15, 0.2) is 5.65 Å². The number of aromatic nitrogens is 7. The molecule has 1 aromatic carbocycles. The Bertz CT molecular complexity index is 830. The third kappa shape index (κ3) is 1.15. The summed E-state index contributed by atoms with van der Waals surface area (Å²) >= 11 is 0. The van der Waals surface area contributed by atoms with Crippen molar-refractivity contribution in [2.45, 2.75) is 0 Å². The first-order valence-corrected chi connectivity index (χ1v) is 5.40. The SMILES string of the molecule is c1ccc(-c2cc3ncnn3c3nnnn23)cc1. The topological polar surface area (TPSA) is 73.3 Å². The van der Waals surface area contributed by atoms with Crippen LogP contribution in [0.2, 0.25) is 0 Å². The molecule has 3 aromatic heterocycles. The van der Waals surface area contributed by atoms with Crippen LogP contribution < -0.4 is 0 Å². The van der Waals surface area contributed by atoms with E-state index in [1.807, 2.05) is 36.4 Å². The van der Waals surface area contributed by atoms with Crippen LogP contribution in [0, 0.1) is 0 Å². The van der Waals surface area contributed by atoms with Crippen LogP contribution in [-0.4, -0.2) is 34.6 Å². The molecule has 0 radical (unpaired) electrons. The molecule has 0 aliphatic rings. The summed E-state index contributed by atoms with van der Waals surface area (Å²) in [6.45, 7) is 0. The van der Waals surface area contributed by atoms with Gasteiger partial charge >= 0.3 is 0 Å². The molecule has 4 rings (SSSR count). The van der Waals surface area contributed by atoms with Crippen LogP contribution in [0.15, 0.2) is 42.7 Å².